The summed E-state index contributed by atoms with van der Waals surface area (Å²) in [5.41, 5.74) is -5.18. The number of hydrogen-bond acceptors (Lipinski definition) is 3. The van der Waals surface area contributed by atoms with Gasteiger partial charge in [0.15, 0.2) is 0 Å². The van der Waals surface area contributed by atoms with E-state index in [1.165, 1.54) is 18.2 Å². The van der Waals surface area contributed by atoms with Crippen LogP contribution in [0.4, 0.5) is 35.1 Å². The number of aryl methyl sites for hydroxylation is 1. The van der Waals surface area contributed by atoms with Gasteiger partial charge >= 0.3 is 18.3 Å². The Hall–Kier alpha value is -3.60. The third-order valence-corrected chi connectivity index (χ3v) is 6.12. The average Bonchev–Trinajstić information content (AvgIpc) is 3.21. The number of rotatable bonds is 5. The van der Waals surface area contributed by atoms with Gasteiger partial charge < -0.3 is 9.88 Å². The van der Waals surface area contributed by atoms with E-state index < -0.39 is 46.7 Å². The SMILES string of the molecule is Cn1cc(C(F)(F)C(F)(F)F)c(C(F)(F)F)c1-n1cc(-c2ccc(Cl)c(C(=O)NC3(C#N)CC3)c2)cn1. The van der Waals surface area contributed by atoms with Crippen LogP contribution in [0.5, 0.6) is 0 Å². The highest BCUT2D eigenvalue weighted by Gasteiger charge is 2.62. The van der Waals surface area contributed by atoms with Gasteiger partial charge in [-0.3, -0.25) is 4.79 Å². The lowest BCUT2D eigenvalue weighted by atomic mass is 10.0. The van der Waals surface area contributed by atoms with Crippen LogP contribution in [0.3, 0.4) is 0 Å². The first-order chi connectivity index (χ1) is 17.0. The van der Waals surface area contributed by atoms with Crippen LogP contribution in [-0.2, 0) is 19.1 Å². The summed E-state index contributed by atoms with van der Waals surface area (Å²) in [6, 6.07) is 5.98. The molecule has 1 saturated carbocycles. The van der Waals surface area contributed by atoms with Crippen molar-refractivity contribution in [2.75, 3.05) is 0 Å². The molecule has 3 aromatic rings. The predicted octanol–water partition coefficient (Wildman–Crippen LogP) is 5.99. The number of benzene rings is 1. The fourth-order valence-corrected chi connectivity index (χ4v) is 3.91. The molecule has 1 amide bonds. The number of amides is 1. The molecule has 0 radical (unpaired) electrons. The molecule has 1 aliphatic carbocycles. The smallest absolute Gasteiger partial charge is 0.335 e. The molecule has 0 aliphatic heterocycles. The minimum absolute atomic E-state index is 0.0168. The van der Waals surface area contributed by atoms with Crippen LogP contribution in [0.1, 0.15) is 34.3 Å². The van der Waals surface area contributed by atoms with Crippen LogP contribution in [-0.4, -0.2) is 32.0 Å². The van der Waals surface area contributed by atoms with Crippen LogP contribution in [0.15, 0.2) is 36.8 Å². The molecule has 196 valence electrons. The first kappa shape index (κ1) is 26.5. The summed E-state index contributed by atoms with van der Waals surface area (Å²) in [6.45, 7) is 0. The van der Waals surface area contributed by atoms with Gasteiger partial charge in [-0.25, -0.2) is 4.68 Å². The summed E-state index contributed by atoms with van der Waals surface area (Å²) >= 11 is 6.09. The molecular weight excluding hydrogens is 538 g/mol. The van der Waals surface area contributed by atoms with Crippen molar-refractivity contribution in [1.29, 1.82) is 5.26 Å². The van der Waals surface area contributed by atoms with Crippen molar-refractivity contribution < 1.29 is 39.9 Å². The molecule has 15 heteroatoms. The number of nitriles is 1. The molecule has 1 fully saturated rings. The molecule has 0 atom stereocenters. The molecule has 0 saturated heterocycles. The van der Waals surface area contributed by atoms with Gasteiger partial charge in [0, 0.05) is 25.0 Å². The van der Waals surface area contributed by atoms with Crippen molar-refractivity contribution in [3.63, 3.8) is 0 Å². The summed E-state index contributed by atoms with van der Waals surface area (Å²) in [5, 5.41) is 15.5. The molecule has 2 aromatic heterocycles. The average molecular weight is 552 g/mol. The molecule has 0 bridgehead atoms. The molecule has 1 aromatic carbocycles. The minimum Gasteiger partial charge on any atom is -0.335 e. The summed E-state index contributed by atoms with van der Waals surface area (Å²) < 4.78 is 109. The number of hydrogen-bond donors (Lipinski definition) is 1. The van der Waals surface area contributed by atoms with E-state index in [1.807, 2.05) is 6.07 Å². The van der Waals surface area contributed by atoms with E-state index in [1.54, 1.807) is 0 Å². The van der Waals surface area contributed by atoms with Gasteiger partial charge in [0.25, 0.3) is 5.91 Å². The zero-order valence-corrected chi connectivity index (χ0v) is 19.2. The maximum Gasteiger partial charge on any atom is 0.458 e. The van der Waals surface area contributed by atoms with Crippen LogP contribution >= 0.6 is 11.6 Å². The lowest BCUT2D eigenvalue weighted by Gasteiger charge is -2.21. The quantitative estimate of drug-likeness (QED) is 0.396. The van der Waals surface area contributed by atoms with Crippen LogP contribution in [0.2, 0.25) is 5.02 Å². The Labute approximate surface area is 208 Å². The molecule has 0 unspecified atom stereocenters. The highest BCUT2D eigenvalue weighted by molar-refractivity contribution is 6.34. The van der Waals surface area contributed by atoms with Gasteiger partial charge in [-0.2, -0.15) is 45.5 Å². The Kier molecular flexibility index (Phi) is 6.06. The van der Waals surface area contributed by atoms with E-state index in [-0.39, 0.29) is 27.9 Å². The number of carbonyl (C=O) groups is 1. The third-order valence-electron chi connectivity index (χ3n) is 5.79. The predicted molar refractivity (Wildman–Crippen MR) is 113 cm³/mol. The Bertz CT molecular complexity index is 1430. The van der Waals surface area contributed by atoms with Gasteiger partial charge in [0.05, 0.1) is 28.4 Å². The van der Waals surface area contributed by atoms with Gasteiger partial charge in [-0.15, -0.1) is 0 Å². The number of aromatic nitrogens is 3. The Morgan fingerprint density at radius 3 is 2.30 bits per heavy atom. The Morgan fingerprint density at radius 1 is 1.11 bits per heavy atom. The number of halogens is 9. The van der Waals surface area contributed by atoms with E-state index in [2.05, 4.69) is 10.4 Å². The molecule has 37 heavy (non-hydrogen) atoms. The van der Waals surface area contributed by atoms with Crippen molar-refractivity contribution in [1.82, 2.24) is 19.7 Å². The maximum atomic E-state index is 14.0. The first-order valence-electron chi connectivity index (χ1n) is 10.3. The molecule has 1 N–H and O–H groups in total. The van der Waals surface area contributed by atoms with Crippen molar-refractivity contribution in [3.8, 4) is 23.0 Å². The fourth-order valence-electron chi connectivity index (χ4n) is 3.70. The summed E-state index contributed by atoms with van der Waals surface area (Å²) in [6.07, 6.45) is -8.88. The Morgan fingerprint density at radius 2 is 1.76 bits per heavy atom. The number of nitrogens with one attached hydrogen (secondary N) is 1. The normalized spacial score (nSPS) is 15.4. The summed E-state index contributed by atoms with van der Waals surface area (Å²) in [7, 11) is 0.871. The lowest BCUT2D eigenvalue weighted by Crippen LogP contribution is -2.35. The van der Waals surface area contributed by atoms with E-state index >= 15 is 0 Å². The Balaban J connectivity index is 1.77. The molecule has 4 rings (SSSR count). The fraction of sp³-hybridized carbons (Fsp3) is 0.318. The van der Waals surface area contributed by atoms with E-state index in [9.17, 15) is 39.9 Å². The molecule has 2 heterocycles. The summed E-state index contributed by atoms with van der Waals surface area (Å²) in [5.74, 6) is -7.53. The van der Waals surface area contributed by atoms with Crippen molar-refractivity contribution in [3.05, 3.63) is 58.5 Å². The van der Waals surface area contributed by atoms with Gasteiger partial charge in [0.2, 0.25) is 0 Å². The van der Waals surface area contributed by atoms with Crippen molar-refractivity contribution in [2.24, 2.45) is 7.05 Å². The number of carbonyl (C=O) groups excluding carboxylic acids is 1. The van der Waals surface area contributed by atoms with E-state index in [0.29, 0.717) is 22.1 Å². The minimum atomic E-state index is -6.27. The second-order valence-corrected chi connectivity index (χ2v) is 8.85. The van der Waals surface area contributed by atoms with Crippen LogP contribution in [0, 0.1) is 11.3 Å². The topological polar surface area (TPSA) is 75.6 Å². The molecule has 6 nitrogen and oxygen atoms in total. The third kappa shape index (κ3) is 4.63. The molecule has 0 spiro atoms. The molecular formula is C22H14ClF8N5O. The second kappa shape index (κ2) is 8.47. The van der Waals surface area contributed by atoms with E-state index in [4.69, 9.17) is 16.9 Å². The summed E-state index contributed by atoms with van der Waals surface area (Å²) in [4.78, 5) is 12.6. The van der Waals surface area contributed by atoms with Crippen molar-refractivity contribution >= 4 is 17.5 Å². The maximum absolute atomic E-state index is 14.0. The lowest BCUT2D eigenvalue weighted by molar-refractivity contribution is -0.290. The van der Waals surface area contributed by atoms with Crippen LogP contribution in [0.25, 0.3) is 16.9 Å². The zero-order valence-electron chi connectivity index (χ0n) is 18.5. The number of alkyl halides is 8. The van der Waals surface area contributed by atoms with Gasteiger partial charge in [0.1, 0.15) is 16.9 Å². The highest BCUT2D eigenvalue weighted by Crippen LogP contribution is 2.50. The molecule has 1 aliphatic rings. The second-order valence-electron chi connectivity index (χ2n) is 8.44. The highest BCUT2D eigenvalue weighted by atomic mass is 35.5. The van der Waals surface area contributed by atoms with Crippen molar-refractivity contribution in [2.45, 2.75) is 36.7 Å². The number of nitrogens with zero attached hydrogens (tertiary/aromatic N) is 4. The van der Waals surface area contributed by atoms with E-state index in [0.717, 1.165) is 19.4 Å². The first-order valence-corrected chi connectivity index (χ1v) is 10.7. The van der Waals surface area contributed by atoms with Gasteiger partial charge in [-0.05, 0) is 30.5 Å². The zero-order chi connectivity index (χ0) is 27.6. The monoisotopic (exact) mass is 551 g/mol. The van der Waals surface area contributed by atoms with Gasteiger partial charge in [-0.1, -0.05) is 17.7 Å². The standard InChI is InChI=1S/C22H14ClF8N5O/c1-35-9-14(20(24,25)22(29,30)31)16(21(26,27)28)18(35)36-8-12(7-33-36)11-2-3-15(23)13(6-11)17(37)34-19(10-32)4-5-19/h2-3,6-9H,4-5H2,1H3,(H,34,37). The van der Waals surface area contributed by atoms with Crippen LogP contribution < -0.4 is 5.32 Å². The largest absolute Gasteiger partial charge is 0.458 e.